The van der Waals surface area contributed by atoms with E-state index >= 15 is 0 Å². The van der Waals surface area contributed by atoms with Crippen molar-refractivity contribution in [2.24, 2.45) is 11.8 Å². The van der Waals surface area contributed by atoms with Gasteiger partial charge >= 0.3 is 6.09 Å². The van der Waals surface area contributed by atoms with Crippen LogP contribution in [0.25, 0.3) is 0 Å². The van der Waals surface area contributed by atoms with E-state index in [1.807, 2.05) is 13.8 Å². The molecule has 0 bridgehead atoms. The van der Waals surface area contributed by atoms with Gasteiger partial charge in [0, 0.05) is 37.3 Å². The Labute approximate surface area is 227 Å². The van der Waals surface area contributed by atoms with E-state index in [0.29, 0.717) is 18.2 Å². The quantitative estimate of drug-likeness (QED) is 0.274. The first-order chi connectivity index (χ1) is 18.4. The van der Waals surface area contributed by atoms with E-state index in [0.717, 1.165) is 22.6 Å². The van der Waals surface area contributed by atoms with Gasteiger partial charge in [0.15, 0.2) is 0 Å². The van der Waals surface area contributed by atoms with Gasteiger partial charge in [0.2, 0.25) is 17.7 Å². The summed E-state index contributed by atoms with van der Waals surface area (Å²) in [6.07, 6.45) is 1.61. The van der Waals surface area contributed by atoms with Gasteiger partial charge in [-0.3, -0.25) is 28.9 Å². The molecule has 0 saturated heterocycles. The Bertz CT molecular complexity index is 1080. The highest BCUT2D eigenvalue weighted by molar-refractivity contribution is 6.13. The number of amides is 6. The van der Waals surface area contributed by atoms with Crippen LogP contribution in [0.5, 0.6) is 0 Å². The van der Waals surface area contributed by atoms with E-state index in [9.17, 15) is 28.8 Å². The van der Waals surface area contributed by atoms with Crippen molar-refractivity contribution in [2.75, 3.05) is 18.4 Å². The summed E-state index contributed by atoms with van der Waals surface area (Å²) in [5.41, 5.74) is 1.22. The minimum Gasteiger partial charge on any atom is -0.445 e. The Hall–Kier alpha value is -4.22. The summed E-state index contributed by atoms with van der Waals surface area (Å²) in [5, 5.41) is 10.6. The van der Waals surface area contributed by atoms with Crippen LogP contribution in [0.1, 0.15) is 46.6 Å². The smallest absolute Gasteiger partial charge is 0.407 e. The number of nitrogens with zero attached hydrogens (tertiary/aromatic N) is 1. The maximum Gasteiger partial charge on any atom is 0.407 e. The van der Waals surface area contributed by atoms with Crippen LogP contribution in [0.2, 0.25) is 0 Å². The molecule has 0 unspecified atom stereocenters. The number of alkyl carbamates (subject to hydrolysis) is 1. The second-order valence-corrected chi connectivity index (χ2v) is 9.97. The third-order valence-electron chi connectivity index (χ3n) is 5.73. The molecule has 4 N–H and O–H groups in total. The molecule has 0 aliphatic carbocycles. The van der Waals surface area contributed by atoms with Crippen LogP contribution in [-0.4, -0.2) is 65.7 Å². The monoisotopic (exact) mass is 543 g/mol. The zero-order valence-electron chi connectivity index (χ0n) is 22.9. The normalized spacial score (nSPS) is 14.3. The van der Waals surface area contributed by atoms with Crippen molar-refractivity contribution >= 4 is 41.3 Å². The number of hydrogen-bond acceptors (Lipinski definition) is 7. The molecule has 6 amide bonds. The van der Waals surface area contributed by atoms with E-state index in [4.69, 9.17) is 4.74 Å². The number of rotatable bonds is 13. The fraction of sp³-hybridized carbons (Fsp3) is 0.481. The number of carbonyl (C=O) groups excluding carboxylic acids is 6. The zero-order valence-corrected chi connectivity index (χ0v) is 22.9. The zero-order chi connectivity index (χ0) is 29.1. The Kier molecular flexibility index (Phi) is 11.6. The van der Waals surface area contributed by atoms with Crippen molar-refractivity contribution in [3.05, 3.63) is 42.0 Å². The molecular weight excluding hydrogens is 506 g/mol. The van der Waals surface area contributed by atoms with Crippen LogP contribution in [-0.2, 0) is 35.3 Å². The highest BCUT2D eigenvalue weighted by atomic mass is 16.5. The summed E-state index contributed by atoms with van der Waals surface area (Å²) in [5.74, 6) is -2.46. The largest absolute Gasteiger partial charge is 0.445 e. The first kappa shape index (κ1) is 31.0. The predicted octanol–water partition coefficient (Wildman–Crippen LogP) is 1.47. The number of hydrogen-bond donors (Lipinski definition) is 4. The van der Waals surface area contributed by atoms with Crippen molar-refractivity contribution in [3.8, 4) is 0 Å². The summed E-state index contributed by atoms with van der Waals surface area (Å²) in [4.78, 5) is 73.7. The van der Waals surface area contributed by atoms with Crippen molar-refractivity contribution < 1.29 is 33.5 Å². The number of anilines is 1. The average Bonchev–Trinajstić information content (AvgIpc) is 3.20. The highest BCUT2D eigenvalue weighted by Crippen LogP contribution is 2.12. The van der Waals surface area contributed by atoms with Crippen LogP contribution in [0.15, 0.2) is 36.4 Å². The molecule has 1 aromatic carbocycles. The van der Waals surface area contributed by atoms with Crippen LogP contribution in [0.4, 0.5) is 10.5 Å². The lowest BCUT2D eigenvalue weighted by Gasteiger charge is -2.24. The lowest BCUT2D eigenvalue weighted by Crippen LogP contribution is -2.54. The van der Waals surface area contributed by atoms with Gasteiger partial charge in [-0.2, -0.15) is 0 Å². The number of benzene rings is 1. The Morgan fingerprint density at radius 1 is 0.872 bits per heavy atom. The Morgan fingerprint density at radius 2 is 1.49 bits per heavy atom. The van der Waals surface area contributed by atoms with Gasteiger partial charge in [0.05, 0.1) is 0 Å². The summed E-state index contributed by atoms with van der Waals surface area (Å²) in [7, 11) is 0. The van der Waals surface area contributed by atoms with Gasteiger partial charge in [0.25, 0.3) is 11.8 Å². The van der Waals surface area contributed by atoms with E-state index in [-0.39, 0.29) is 25.5 Å². The van der Waals surface area contributed by atoms with Crippen LogP contribution >= 0.6 is 0 Å². The summed E-state index contributed by atoms with van der Waals surface area (Å²) in [6, 6.07) is 4.89. The number of carbonyl (C=O) groups is 6. The lowest BCUT2D eigenvalue weighted by molar-refractivity contribution is -0.137. The molecule has 2 atom stereocenters. The SMILES string of the molecule is CC(C)CNC(=O)OCc1ccc(NC(=O)[C@H](C)NC(=O)[C@@H](NC(=O)CCN2C(=O)C=CC2=O)C(C)C)cc1. The molecule has 12 nitrogen and oxygen atoms in total. The number of nitrogens with one attached hydrogen (secondary N) is 4. The molecule has 2 rings (SSSR count). The fourth-order valence-corrected chi connectivity index (χ4v) is 3.44. The molecule has 1 heterocycles. The summed E-state index contributed by atoms with van der Waals surface area (Å²) >= 11 is 0. The van der Waals surface area contributed by atoms with E-state index in [1.165, 1.54) is 6.92 Å². The van der Waals surface area contributed by atoms with Crippen LogP contribution in [0, 0.1) is 11.8 Å². The fourth-order valence-electron chi connectivity index (χ4n) is 3.44. The molecule has 1 aliphatic rings. The predicted molar refractivity (Wildman–Crippen MR) is 143 cm³/mol. The third kappa shape index (κ3) is 10.2. The molecule has 0 spiro atoms. The van der Waals surface area contributed by atoms with Crippen molar-refractivity contribution in [1.82, 2.24) is 20.9 Å². The van der Waals surface area contributed by atoms with Crippen molar-refractivity contribution in [3.63, 3.8) is 0 Å². The number of ether oxygens (including phenoxy) is 1. The van der Waals surface area contributed by atoms with Crippen LogP contribution < -0.4 is 21.3 Å². The van der Waals surface area contributed by atoms with Crippen molar-refractivity contribution in [1.29, 1.82) is 0 Å². The maximum atomic E-state index is 12.8. The first-order valence-electron chi connectivity index (χ1n) is 12.8. The number of imide groups is 1. The van der Waals surface area contributed by atoms with Gasteiger partial charge in [-0.1, -0.05) is 39.8 Å². The second kappa shape index (κ2) is 14.6. The summed E-state index contributed by atoms with van der Waals surface area (Å²) in [6.45, 7) is 9.45. The molecule has 1 aromatic rings. The van der Waals surface area contributed by atoms with E-state index in [1.54, 1.807) is 38.1 Å². The van der Waals surface area contributed by atoms with Gasteiger partial charge in [0.1, 0.15) is 18.7 Å². The molecule has 39 heavy (non-hydrogen) atoms. The van der Waals surface area contributed by atoms with Gasteiger partial charge in [-0.25, -0.2) is 4.79 Å². The third-order valence-corrected chi connectivity index (χ3v) is 5.73. The standard InChI is InChI=1S/C27H37N5O7/c1-16(2)14-28-27(38)39-15-19-6-8-20(9-7-19)30-25(36)18(5)29-26(37)24(17(3)4)31-21(33)12-13-32-22(34)10-11-23(32)35/h6-11,16-18,24H,12-15H2,1-5H3,(H,28,38)(H,29,37)(H,30,36)(H,31,33)/t18-,24-/m0/s1. The minimum absolute atomic E-state index is 0.0778. The highest BCUT2D eigenvalue weighted by Gasteiger charge is 2.28. The molecule has 0 fully saturated rings. The summed E-state index contributed by atoms with van der Waals surface area (Å²) < 4.78 is 5.15. The van der Waals surface area contributed by atoms with E-state index < -0.39 is 47.7 Å². The molecular formula is C27H37N5O7. The van der Waals surface area contributed by atoms with Crippen molar-refractivity contribution in [2.45, 2.75) is 59.7 Å². The van der Waals surface area contributed by atoms with Crippen LogP contribution in [0.3, 0.4) is 0 Å². The molecule has 12 heteroatoms. The average molecular weight is 544 g/mol. The molecule has 0 saturated carbocycles. The molecule has 0 aromatic heterocycles. The molecule has 1 aliphatic heterocycles. The first-order valence-corrected chi connectivity index (χ1v) is 12.8. The lowest BCUT2D eigenvalue weighted by atomic mass is 10.0. The van der Waals surface area contributed by atoms with Gasteiger partial charge in [-0.05, 0) is 36.5 Å². The molecule has 212 valence electrons. The van der Waals surface area contributed by atoms with Gasteiger partial charge in [-0.15, -0.1) is 0 Å². The Morgan fingerprint density at radius 3 is 2.05 bits per heavy atom. The van der Waals surface area contributed by atoms with E-state index in [2.05, 4.69) is 21.3 Å². The van der Waals surface area contributed by atoms with Gasteiger partial charge < -0.3 is 26.0 Å². The Balaban J connectivity index is 1.82. The maximum absolute atomic E-state index is 12.8. The topological polar surface area (TPSA) is 163 Å². The molecule has 0 radical (unpaired) electrons. The second-order valence-electron chi connectivity index (χ2n) is 9.97. The minimum atomic E-state index is -0.923.